The third-order valence-electron chi connectivity index (χ3n) is 2.15. The molecule has 1 fully saturated rings. The van der Waals surface area contributed by atoms with Crippen LogP contribution in [0.25, 0.3) is 0 Å². The number of carbonyl (C=O) groups is 1. The van der Waals surface area contributed by atoms with Crippen molar-refractivity contribution in [2.45, 2.75) is 13.3 Å². The van der Waals surface area contributed by atoms with Crippen LogP contribution in [-0.4, -0.2) is 12.3 Å². The van der Waals surface area contributed by atoms with Crippen LogP contribution < -0.4 is 11.5 Å². The van der Waals surface area contributed by atoms with Gasteiger partial charge in [-0.1, -0.05) is 0 Å². The molecule has 1 unspecified atom stereocenters. The van der Waals surface area contributed by atoms with Gasteiger partial charge >= 0.3 is 0 Å². The lowest BCUT2D eigenvalue weighted by molar-refractivity contribution is -0.114. The molecule has 1 aliphatic heterocycles. The van der Waals surface area contributed by atoms with E-state index in [2.05, 4.69) is 5.32 Å². The van der Waals surface area contributed by atoms with Crippen LogP contribution in [-0.2, 0) is 4.79 Å². The summed E-state index contributed by atoms with van der Waals surface area (Å²) in [5.74, 6) is 0.970. The van der Waals surface area contributed by atoms with Gasteiger partial charge in [0.2, 0.25) is 0 Å². The molecule has 0 amide bonds. The van der Waals surface area contributed by atoms with Gasteiger partial charge < -0.3 is 11.5 Å². The highest BCUT2D eigenvalue weighted by Crippen LogP contribution is 2.38. The molecule has 2 aliphatic rings. The molecule has 0 aromatic rings. The minimum Gasteiger partial charge on any atom is -0.387 e. The smallest absolute Gasteiger partial charge is 0.157 e. The van der Waals surface area contributed by atoms with E-state index in [4.69, 9.17) is 0 Å². The van der Waals surface area contributed by atoms with Crippen molar-refractivity contribution in [2.75, 3.05) is 6.54 Å². The lowest BCUT2D eigenvalue weighted by atomic mass is 9.75. The van der Waals surface area contributed by atoms with E-state index in [1.807, 2.05) is 0 Å². The first-order valence-electron chi connectivity index (χ1n) is 3.27. The molecule has 2 rings (SSSR count). The summed E-state index contributed by atoms with van der Waals surface area (Å²) in [6, 6.07) is 0. The maximum atomic E-state index is 10.7. The second-order valence-corrected chi connectivity index (χ2v) is 2.73. The summed E-state index contributed by atoms with van der Waals surface area (Å²) in [6.07, 6.45) is 1.03. The van der Waals surface area contributed by atoms with Crippen LogP contribution in [0.4, 0.5) is 0 Å². The number of hydrogen-bond donors (Lipinski definition) is 2. The maximum absolute atomic E-state index is 10.7. The van der Waals surface area contributed by atoms with Gasteiger partial charge in [-0.2, -0.15) is 0 Å². The average Bonchev–Trinajstić information content (AvgIpc) is 1.76. The first kappa shape index (κ1) is 7.28. The molecule has 0 bridgehead atoms. The minimum absolute atomic E-state index is 0. The predicted octanol–water partition coefficient (Wildman–Crippen LogP) is 0.615. The summed E-state index contributed by atoms with van der Waals surface area (Å²) in [7, 11) is 0. The molecule has 3 heteroatoms. The fourth-order valence-corrected chi connectivity index (χ4v) is 1.43. The van der Waals surface area contributed by atoms with Crippen molar-refractivity contribution in [3.05, 3.63) is 11.3 Å². The first-order chi connectivity index (χ1) is 4.29. The Morgan fingerprint density at radius 1 is 1.70 bits per heavy atom. The second kappa shape index (κ2) is 2.09. The highest BCUT2D eigenvalue weighted by atomic mass is 16.1. The zero-order valence-corrected chi connectivity index (χ0v) is 6.11. The number of nitrogens with one attached hydrogen (secondary N) is 1. The van der Waals surface area contributed by atoms with Gasteiger partial charge in [0.1, 0.15) is 0 Å². The predicted molar refractivity (Wildman–Crippen MR) is 38.8 cm³/mol. The molecule has 0 aromatic carbocycles. The van der Waals surface area contributed by atoms with Crippen molar-refractivity contribution in [2.24, 2.45) is 5.92 Å². The van der Waals surface area contributed by atoms with E-state index in [9.17, 15) is 4.79 Å². The number of carbonyl (C=O) groups excluding carboxylic acids is 1. The van der Waals surface area contributed by atoms with Gasteiger partial charge in [-0.05, 0) is 13.3 Å². The van der Waals surface area contributed by atoms with Crippen LogP contribution in [0.3, 0.4) is 0 Å². The Hall–Kier alpha value is -0.830. The molecule has 10 heavy (non-hydrogen) atoms. The lowest BCUT2D eigenvalue weighted by Gasteiger charge is -2.42. The third kappa shape index (κ3) is 0.671. The summed E-state index contributed by atoms with van der Waals surface area (Å²) in [5.41, 5.74) is 2.26. The van der Waals surface area contributed by atoms with Crippen molar-refractivity contribution in [1.29, 1.82) is 0 Å². The number of allylic oxidation sites excluding steroid dienone is 1. The molecule has 1 atom stereocenters. The fraction of sp³-hybridized carbons (Fsp3) is 0.571. The molecule has 1 aliphatic carbocycles. The monoisotopic (exact) mass is 140 g/mol. The topological polar surface area (TPSA) is 64.1 Å². The van der Waals surface area contributed by atoms with Gasteiger partial charge in [-0.3, -0.25) is 4.79 Å². The van der Waals surface area contributed by atoms with Gasteiger partial charge in [0.25, 0.3) is 0 Å². The summed E-state index contributed by atoms with van der Waals surface area (Å²) in [5, 5.41) is 3.14. The Morgan fingerprint density at radius 2 is 2.40 bits per heavy atom. The molecule has 1 heterocycles. The van der Waals surface area contributed by atoms with Gasteiger partial charge in [0.15, 0.2) is 5.78 Å². The molecule has 0 aromatic heterocycles. The van der Waals surface area contributed by atoms with Crippen LogP contribution in [0.2, 0.25) is 0 Å². The molecular formula is C7H12N2O. The summed E-state index contributed by atoms with van der Waals surface area (Å²) in [4.78, 5) is 10.7. The van der Waals surface area contributed by atoms with E-state index >= 15 is 0 Å². The molecule has 0 radical (unpaired) electrons. The standard InChI is InChI=1S/C7H9NO.H3N/c1-4(9)6-2-5-3-8-7(5)6;/h5,8H,2-3H2,1H3;1H3. The Labute approximate surface area is 60.1 Å². The average molecular weight is 140 g/mol. The number of fused-ring (bicyclic) bond motifs is 1. The Kier molecular flexibility index (Phi) is 1.52. The van der Waals surface area contributed by atoms with Crippen LogP contribution in [0.1, 0.15) is 13.3 Å². The minimum atomic E-state index is 0. The molecule has 3 nitrogen and oxygen atoms in total. The largest absolute Gasteiger partial charge is 0.387 e. The van der Waals surface area contributed by atoms with E-state index in [1.54, 1.807) is 6.92 Å². The number of rotatable bonds is 1. The molecular weight excluding hydrogens is 128 g/mol. The van der Waals surface area contributed by atoms with Crippen molar-refractivity contribution in [3.8, 4) is 0 Å². The van der Waals surface area contributed by atoms with Gasteiger partial charge in [-0.15, -0.1) is 0 Å². The SMILES string of the molecule is CC(=O)C1=C2NCC2C1.N. The summed E-state index contributed by atoms with van der Waals surface area (Å²) in [6.45, 7) is 2.73. The van der Waals surface area contributed by atoms with Gasteiger partial charge in [0, 0.05) is 23.7 Å². The maximum Gasteiger partial charge on any atom is 0.157 e. The normalized spacial score (nSPS) is 26.7. The zero-order valence-electron chi connectivity index (χ0n) is 6.11. The highest BCUT2D eigenvalue weighted by Gasteiger charge is 2.37. The Balaban J connectivity index is 0.000000500. The Bertz CT molecular complexity index is 208. The van der Waals surface area contributed by atoms with Crippen LogP contribution >= 0.6 is 0 Å². The van der Waals surface area contributed by atoms with Crippen molar-refractivity contribution >= 4 is 5.78 Å². The molecule has 0 saturated carbocycles. The molecule has 56 valence electrons. The number of Topliss-reactive ketones (excluding diaryl/α,β-unsaturated/α-hetero) is 1. The third-order valence-corrected chi connectivity index (χ3v) is 2.15. The van der Waals surface area contributed by atoms with Crippen LogP contribution in [0.15, 0.2) is 11.3 Å². The molecule has 1 saturated heterocycles. The van der Waals surface area contributed by atoms with Crippen LogP contribution in [0, 0.1) is 5.92 Å². The Morgan fingerprint density at radius 3 is 2.50 bits per heavy atom. The van der Waals surface area contributed by atoms with Gasteiger partial charge in [0.05, 0.1) is 0 Å². The number of ketones is 1. The summed E-state index contributed by atoms with van der Waals surface area (Å²) >= 11 is 0. The van der Waals surface area contributed by atoms with E-state index in [0.29, 0.717) is 0 Å². The van der Waals surface area contributed by atoms with E-state index in [-0.39, 0.29) is 11.9 Å². The van der Waals surface area contributed by atoms with E-state index in [1.165, 1.54) is 5.70 Å². The van der Waals surface area contributed by atoms with Gasteiger partial charge in [-0.25, -0.2) is 0 Å². The number of hydrogen-bond acceptors (Lipinski definition) is 3. The fourth-order valence-electron chi connectivity index (χ4n) is 1.43. The first-order valence-corrected chi connectivity index (χ1v) is 3.27. The highest BCUT2D eigenvalue weighted by molar-refractivity contribution is 5.96. The van der Waals surface area contributed by atoms with E-state index < -0.39 is 0 Å². The quantitative estimate of drug-likeness (QED) is 0.561. The molecule has 0 spiro atoms. The summed E-state index contributed by atoms with van der Waals surface area (Å²) < 4.78 is 0. The van der Waals surface area contributed by atoms with Crippen LogP contribution in [0.5, 0.6) is 0 Å². The van der Waals surface area contributed by atoms with Crippen molar-refractivity contribution in [1.82, 2.24) is 11.5 Å². The van der Waals surface area contributed by atoms with Crippen molar-refractivity contribution < 1.29 is 4.79 Å². The molecule has 4 N–H and O–H groups in total. The second-order valence-electron chi connectivity index (χ2n) is 2.73. The zero-order chi connectivity index (χ0) is 6.43. The van der Waals surface area contributed by atoms with Crippen molar-refractivity contribution in [3.63, 3.8) is 0 Å². The lowest BCUT2D eigenvalue weighted by Crippen LogP contribution is -2.48. The van der Waals surface area contributed by atoms with E-state index in [0.717, 1.165) is 24.5 Å².